The van der Waals surface area contributed by atoms with Crippen LogP contribution >= 0.6 is 0 Å². The zero-order chi connectivity index (χ0) is 18.7. The molecule has 1 fully saturated rings. The van der Waals surface area contributed by atoms with Crippen molar-refractivity contribution < 1.29 is 9.85 Å². The van der Waals surface area contributed by atoms with Crippen LogP contribution in [0, 0.1) is 20.2 Å². The Hall–Kier alpha value is -3.00. The molecule has 26 heavy (non-hydrogen) atoms. The summed E-state index contributed by atoms with van der Waals surface area (Å²) in [5.41, 5.74) is 8.32. The first-order valence-corrected chi connectivity index (χ1v) is 8.48. The van der Waals surface area contributed by atoms with Crippen molar-refractivity contribution in [1.29, 1.82) is 0 Å². The maximum Gasteiger partial charge on any atom is 0.269 e. The summed E-state index contributed by atoms with van der Waals surface area (Å²) < 4.78 is 0. The molecular formula is C18H20N4O4. The Morgan fingerprint density at radius 1 is 0.923 bits per heavy atom. The average molecular weight is 356 g/mol. The Morgan fingerprint density at radius 2 is 1.46 bits per heavy atom. The number of benzene rings is 2. The zero-order valence-corrected chi connectivity index (χ0v) is 14.2. The summed E-state index contributed by atoms with van der Waals surface area (Å²) >= 11 is 0. The van der Waals surface area contributed by atoms with Gasteiger partial charge < -0.3 is 10.6 Å². The monoisotopic (exact) mass is 356 g/mol. The number of piperidine rings is 1. The Bertz CT molecular complexity index is 792. The highest BCUT2D eigenvalue weighted by molar-refractivity contribution is 5.52. The molecule has 8 heteroatoms. The van der Waals surface area contributed by atoms with Crippen LogP contribution in [0.3, 0.4) is 0 Å². The van der Waals surface area contributed by atoms with Crippen LogP contribution in [0.4, 0.5) is 17.1 Å². The van der Waals surface area contributed by atoms with Crippen LogP contribution < -0.4 is 10.6 Å². The molecule has 2 aromatic rings. The second-order valence-electron chi connectivity index (χ2n) is 6.40. The predicted octanol–water partition coefficient (Wildman–Crippen LogP) is 3.56. The van der Waals surface area contributed by atoms with Crippen LogP contribution in [-0.2, 0) is 0 Å². The normalized spacial score (nSPS) is 18.3. The van der Waals surface area contributed by atoms with Gasteiger partial charge in [-0.25, -0.2) is 0 Å². The molecular weight excluding hydrogens is 336 g/mol. The van der Waals surface area contributed by atoms with Crippen LogP contribution in [-0.4, -0.2) is 22.4 Å². The van der Waals surface area contributed by atoms with Crippen LogP contribution in [0.15, 0.2) is 48.5 Å². The van der Waals surface area contributed by atoms with Crippen molar-refractivity contribution in [2.75, 3.05) is 11.4 Å². The Balaban J connectivity index is 1.83. The summed E-state index contributed by atoms with van der Waals surface area (Å²) in [7, 11) is 0. The lowest BCUT2D eigenvalue weighted by Gasteiger charge is -2.41. The summed E-state index contributed by atoms with van der Waals surface area (Å²) in [5.74, 6) is 0. The van der Waals surface area contributed by atoms with Gasteiger partial charge >= 0.3 is 0 Å². The smallest absolute Gasteiger partial charge is 0.269 e. The van der Waals surface area contributed by atoms with Gasteiger partial charge in [0.25, 0.3) is 11.4 Å². The van der Waals surface area contributed by atoms with E-state index in [2.05, 4.69) is 4.90 Å². The summed E-state index contributed by atoms with van der Waals surface area (Å²) in [6, 6.07) is 12.6. The lowest BCUT2D eigenvalue weighted by Crippen LogP contribution is -2.46. The van der Waals surface area contributed by atoms with Gasteiger partial charge in [-0.3, -0.25) is 20.2 Å². The number of non-ortho nitro benzene ring substituents is 2. The van der Waals surface area contributed by atoms with Crippen molar-refractivity contribution in [3.8, 4) is 0 Å². The first-order chi connectivity index (χ1) is 12.5. The van der Waals surface area contributed by atoms with Crippen LogP contribution in [0.25, 0.3) is 0 Å². The second-order valence-corrected chi connectivity index (χ2v) is 6.40. The molecule has 0 spiro atoms. The topological polar surface area (TPSA) is 116 Å². The Morgan fingerprint density at radius 3 is 2.00 bits per heavy atom. The standard InChI is InChI=1S/C18H20N4O4/c19-18(13-4-6-15(7-5-13)21(23)24)17-3-1-2-12-20(17)14-8-10-16(11-9-14)22(25)26/h4-11,17-18H,1-3,12,19H2. The van der Waals surface area contributed by atoms with Gasteiger partial charge in [0.1, 0.15) is 0 Å². The van der Waals surface area contributed by atoms with E-state index >= 15 is 0 Å². The quantitative estimate of drug-likeness (QED) is 0.647. The van der Waals surface area contributed by atoms with Gasteiger partial charge in [-0.15, -0.1) is 0 Å². The summed E-state index contributed by atoms with van der Waals surface area (Å²) in [6.07, 6.45) is 2.98. The summed E-state index contributed by atoms with van der Waals surface area (Å²) in [6.45, 7) is 0.823. The van der Waals surface area contributed by atoms with Crippen molar-refractivity contribution in [3.63, 3.8) is 0 Å². The number of nitrogens with zero attached hydrogens (tertiary/aromatic N) is 3. The number of nitro groups is 2. The van der Waals surface area contributed by atoms with Crippen LogP contribution in [0.1, 0.15) is 30.9 Å². The molecule has 2 N–H and O–H groups in total. The number of nitrogens with two attached hydrogens (primary N) is 1. The van der Waals surface area contributed by atoms with Gasteiger partial charge in [0.05, 0.1) is 15.9 Å². The molecule has 1 heterocycles. The third-order valence-corrected chi connectivity index (χ3v) is 4.84. The minimum absolute atomic E-state index is 0.0339. The Labute approximate surface area is 150 Å². The van der Waals surface area contributed by atoms with E-state index < -0.39 is 9.85 Å². The second kappa shape index (κ2) is 7.49. The number of rotatable bonds is 5. The summed E-state index contributed by atoms with van der Waals surface area (Å²) in [5, 5.41) is 21.7. The van der Waals surface area contributed by atoms with Crippen molar-refractivity contribution in [2.24, 2.45) is 5.73 Å². The van der Waals surface area contributed by atoms with E-state index in [1.54, 1.807) is 24.3 Å². The fraction of sp³-hybridized carbons (Fsp3) is 0.333. The van der Waals surface area contributed by atoms with Crippen LogP contribution in [0.2, 0.25) is 0 Å². The third kappa shape index (κ3) is 3.65. The number of hydrogen-bond acceptors (Lipinski definition) is 6. The van der Waals surface area contributed by atoms with Gasteiger partial charge in [-0.1, -0.05) is 12.1 Å². The lowest BCUT2D eigenvalue weighted by atomic mass is 9.91. The average Bonchev–Trinajstić information content (AvgIpc) is 2.67. The molecule has 0 radical (unpaired) electrons. The van der Waals surface area contributed by atoms with Crippen LogP contribution in [0.5, 0.6) is 0 Å². The molecule has 1 aliphatic rings. The molecule has 136 valence electrons. The molecule has 0 aliphatic carbocycles. The predicted molar refractivity (Wildman–Crippen MR) is 98.1 cm³/mol. The van der Waals surface area contributed by atoms with Gasteiger partial charge in [-0.05, 0) is 37.0 Å². The van der Waals surface area contributed by atoms with E-state index in [-0.39, 0.29) is 23.5 Å². The fourth-order valence-corrected chi connectivity index (χ4v) is 3.46. The van der Waals surface area contributed by atoms with E-state index in [0.29, 0.717) is 0 Å². The minimum Gasteiger partial charge on any atom is -0.367 e. The van der Waals surface area contributed by atoms with Crippen molar-refractivity contribution in [3.05, 3.63) is 74.3 Å². The SMILES string of the molecule is NC(c1ccc([N+](=O)[O-])cc1)C1CCCCN1c1ccc([N+](=O)[O-])cc1. The fourth-order valence-electron chi connectivity index (χ4n) is 3.46. The number of anilines is 1. The molecule has 0 aromatic heterocycles. The third-order valence-electron chi connectivity index (χ3n) is 4.84. The lowest BCUT2D eigenvalue weighted by molar-refractivity contribution is -0.385. The highest BCUT2D eigenvalue weighted by Gasteiger charge is 2.29. The zero-order valence-electron chi connectivity index (χ0n) is 14.2. The maximum absolute atomic E-state index is 10.8. The molecule has 0 saturated carbocycles. The first-order valence-electron chi connectivity index (χ1n) is 8.48. The number of nitro benzene ring substituents is 2. The molecule has 3 rings (SSSR count). The van der Waals surface area contributed by atoms with Crippen molar-refractivity contribution in [2.45, 2.75) is 31.3 Å². The van der Waals surface area contributed by atoms with Crippen molar-refractivity contribution >= 4 is 17.1 Å². The summed E-state index contributed by atoms with van der Waals surface area (Å²) in [4.78, 5) is 23.0. The largest absolute Gasteiger partial charge is 0.367 e. The van der Waals surface area contributed by atoms with E-state index in [9.17, 15) is 20.2 Å². The van der Waals surface area contributed by atoms with Gasteiger partial charge in [0, 0.05) is 42.5 Å². The van der Waals surface area contributed by atoms with Gasteiger partial charge in [0.2, 0.25) is 0 Å². The van der Waals surface area contributed by atoms with Crippen molar-refractivity contribution in [1.82, 2.24) is 0 Å². The highest BCUT2D eigenvalue weighted by Crippen LogP contribution is 2.32. The molecule has 0 bridgehead atoms. The van der Waals surface area contributed by atoms with E-state index in [1.807, 2.05) is 0 Å². The van der Waals surface area contributed by atoms with E-state index in [4.69, 9.17) is 5.73 Å². The van der Waals surface area contributed by atoms with E-state index in [0.717, 1.165) is 37.1 Å². The first kappa shape index (κ1) is 17.8. The maximum atomic E-state index is 10.8. The molecule has 8 nitrogen and oxygen atoms in total. The molecule has 1 aliphatic heterocycles. The molecule has 0 amide bonds. The van der Waals surface area contributed by atoms with Gasteiger partial charge in [0.15, 0.2) is 0 Å². The molecule has 2 unspecified atom stereocenters. The molecule has 2 atom stereocenters. The molecule has 2 aromatic carbocycles. The molecule has 1 saturated heterocycles. The number of hydrogen-bond donors (Lipinski definition) is 1. The highest BCUT2D eigenvalue weighted by atomic mass is 16.6. The van der Waals surface area contributed by atoms with Gasteiger partial charge in [-0.2, -0.15) is 0 Å². The Kier molecular flexibility index (Phi) is 5.13. The van der Waals surface area contributed by atoms with E-state index in [1.165, 1.54) is 24.3 Å². The minimum atomic E-state index is -0.431.